The SMILES string of the molecule is CC(=O)c1csc(COc2ccc(C)c(C)c2)n1. The summed E-state index contributed by atoms with van der Waals surface area (Å²) in [6.45, 7) is 6.04. The summed E-state index contributed by atoms with van der Waals surface area (Å²) < 4.78 is 5.66. The molecule has 0 atom stereocenters. The van der Waals surface area contributed by atoms with Crippen molar-refractivity contribution in [3.63, 3.8) is 0 Å². The highest BCUT2D eigenvalue weighted by Gasteiger charge is 2.06. The van der Waals surface area contributed by atoms with E-state index in [-0.39, 0.29) is 5.78 Å². The van der Waals surface area contributed by atoms with Crippen molar-refractivity contribution in [2.75, 3.05) is 0 Å². The Morgan fingerprint density at radius 1 is 1.33 bits per heavy atom. The fourth-order valence-corrected chi connectivity index (χ4v) is 2.23. The first-order chi connectivity index (χ1) is 8.56. The lowest BCUT2D eigenvalue weighted by atomic mass is 10.1. The van der Waals surface area contributed by atoms with Crippen LogP contribution >= 0.6 is 11.3 Å². The second-order valence-electron chi connectivity index (χ2n) is 4.22. The van der Waals surface area contributed by atoms with Crippen LogP contribution in [0.25, 0.3) is 0 Å². The summed E-state index contributed by atoms with van der Waals surface area (Å²) in [7, 11) is 0. The Bertz CT molecular complexity index is 575. The smallest absolute Gasteiger partial charge is 0.178 e. The molecule has 1 heterocycles. The Morgan fingerprint density at radius 2 is 2.11 bits per heavy atom. The Balaban J connectivity index is 2.02. The Hall–Kier alpha value is -1.68. The maximum Gasteiger partial charge on any atom is 0.178 e. The summed E-state index contributed by atoms with van der Waals surface area (Å²) in [5.41, 5.74) is 2.96. The third kappa shape index (κ3) is 2.96. The van der Waals surface area contributed by atoms with Gasteiger partial charge < -0.3 is 4.74 Å². The molecule has 94 valence electrons. The Labute approximate surface area is 110 Å². The summed E-state index contributed by atoms with van der Waals surface area (Å²) in [6, 6.07) is 5.99. The van der Waals surface area contributed by atoms with Crippen molar-refractivity contribution in [1.82, 2.24) is 4.98 Å². The average Bonchev–Trinajstić information content (AvgIpc) is 2.79. The van der Waals surface area contributed by atoms with Crippen molar-refractivity contribution in [1.29, 1.82) is 0 Å². The number of ether oxygens (including phenoxy) is 1. The number of rotatable bonds is 4. The molecule has 0 amide bonds. The van der Waals surface area contributed by atoms with Gasteiger partial charge in [0.05, 0.1) is 0 Å². The lowest BCUT2D eigenvalue weighted by molar-refractivity contribution is 0.101. The molecular formula is C14H15NO2S. The van der Waals surface area contributed by atoms with Crippen LogP contribution in [0, 0.1) is 13.8 Å². The Kier molecular flexibility index (Phi) is 3.77. The van der Waals surface area contributed by atoms with Crippen molar-refractivity contribution in [2.24, 2.45) is 0 Å². The summed E-state index contributed by atoms with van der Waals surface area (Å²) in [5.74, 6) is 0.821. The van der Waals surface area contributed by atoms with E-state index in [2.05, 4.69) is 18.8 Å². The lowest BCUT2D eigenvalue weighted by Crippen LogP contribution is -1.97. The second-order valence-corrected chi connectivity index (χ2v) is 5.16. The van der Waals surface area contributed by atoms with E-state index >= 15 is 0 Å². The van der Waals surface area contributed by atoms with Crippen molar-refractivity contribution in [2.45, 2.75) is 27.4 Å². The highest BCUT2D eigenvalue weighted by molar-refractivity contribution is 7.09. The van der Waals surface area contributed by atoms with E-state index < -0.39 is 0 Å². The number of ketones is 1. The summed E-state index contributed by atoms with van der Waals surface area (Å²) >= 11 is 1.45. The van der Waals surface area contributed by atoms with E-state index in [0.717, 1.165) is 10.8 Å². The van der Waals surface area contributed by atoms with Crippen molar-refractivity contribution >= 4 is 17.1 Å². The third-order valence-electron chi connectivity index (χ3n) is 2.75. The molecule has 18 heavy (non-hydrogen) atoms. The minimum Gasteiger partial charge on any atom is -0.486 e. The van der Waals surface area contributed by atoms with Gasteiger partial charge in [0.2, 0.25) is 0 Å². The number of benzene rings is 1. The molecule has 2 aromatic rings. The monoisotopic (exact) mass is 261 g/mol. The predicted molar refractivity (Wildman–Crippen MR) is 72.4 cm³/mol. The molecular weight excluding hydrogens is 246 g/mol. The zero-order chi connectivity index (χ0) is 13.1. The number of hydrogen-bond donors (Lipinski definition) is 0. The van der Waals surface area contributed by atoms with Gasteiger partial charge in [-0.25, -0.2) is 4.98 Å². The van der Waals surface area contributed by atoms with Crippen LogP contribution in [0.5, 0.6) is 5.75 Å². The number of nitrogens with zero attached hydrogens (tertiary/aromatic N) is 1. The highest BCUT2D eigenvalue weighted by Crippen LogP contribution is 2.19. The van der Waals surface area contributed by atoms with Crippen LogP contribution < -0.4 is 4.74 Å². The van der Waals surface area contributed by atoms with Crippen LogP contribution in [0.1, 0.15) is 33.5 Å². The van der Waals surface area contributed by atoms with Crippen LogP contribution in [0.2, 0.25) is 0 Å². The van der Waals surface area contributed by atoms with Gasteiger partial charge in [0, 0.05) is 12.3 Å². The van der Waals surface area contributed by atoms with Crippen LogP contribution in [0.3, 0.4) is 0 Å². The van der Waals surface area contributed by atoms with Gasteiger partial charge in [-0.2, -0.15) is 0 Å². The number of hydrogen-bond acceptors (Lipinski definition) is 4. The van der Waals surface area contributed by atoms with E-state index in [9.17, 15) is 4.79 Å². The highest BCUT2D eigenvalue weighted by atomic mass is 32.1. The first-order valence-corrected chi connectivity index (χ1v) is 6.59. The van der Waals surface area contributed by atoms with Gasteiger partial charge in [-0.05, 0) is 37.1 Å². The van der Waals surface area contributed by atoms with E-state index in [1.54, 1.807) is 5.38 Å². The topological polar surface area (TPSA) is 39.2 Å². The summed E-state index contributed by atoms with van der Waals surface area (Å²) in [6.07, 6.45) is 0. The maximum atomic E-state index is 11.1. The molecule has 1 aromatic carbocycles. The maximum absolute atomic E-state index is 11.1. The third-order valence-corrected chi connectivity index (χ3v) is 3.58. The zero-order valence-electron chi connectivity index (χ0n) is 10.7. The quantitative estimate of drug-likeness (QED) is 0.790. The minimum absolute atomic E-state index is 0.0105. The predicted octanol–water partition coefficient (Wildman–Crippen LogP) is 3.54. The molecule has 4 heteroatoms. The molecule has 0 N–H and O–H groups in total. The van der Waals surface area contributed by atoms with Crippen molar-refractivity contribution in [3.8, 4) is 5.75 Å². The van der Waals surface area contributed by atoms with Gasteiger partial charge in [-0.15, -0.1) is 11.3 Å². The van der Waals surface area contributed by atoms with E-state index in [1.165, 1.54) is 29.4 Å². The van der Waals surface area contributed by atoms with Gasteiger partial charge in [0.15, 0.2) is 5.78 Å². The summed E-state index contributed by atoms with van der Waals surface area (Å²) in [5, 5.41) is 2.58. The number of aromatic nitrogens is 1. The molecule has 0 aliphatic rings. The zero-order valence-corrected chi connectivity index (χ0v) is 11.5. The van der Waals surface area contributed by atoms with E-state index in [0.29, 0.717) is 12.3 Å². The molecule has 3 nitrogen and oxygen atoms in total. The van der Waals surface area contributed by atoms with Crippen LogP contribution in [-0.4, -0.2) is 10.8 Å². The molecule has 0 aliphatic carbocycles. The molecule has 0 unspecified atom stereocenters. The standard InChI is InChI=1S/C14H15NO2S/c1-9-4-5-12(6-10(9)2)17-7-14-15-13(8-18-14)11(3)16/h4-6,8H,7H2,1-3H3. The van der Waals surface area contributed by atoms with Gasteiger partial charge in [0.1, 0.15) is 23.1 Å². The Morgan fingerprint density at radius 3 is 2.72 bits per heavy atom. The van der Waals surface area contributed by atoms with Gasteiger partial charge >= 0.3 is 0 Å². The number of thiazole rings is 1. The van der Waals surface area contributed by atoms with Crippen LogP contribution in [0.4, 0.5) is 0 Å². The minimum atomic E-state index is -0.0105. The van der Waals surface area contributed by atoms with Crippen molar-refractivity contribution in [3.05, 3.63) is 45.4 Å². The van der Waals surface area contributed by atoms with Crippen LogP contribution in [-0.2, 0) is 6.61 Å². The fourth-order valence-electron chi connectivity index (χ4n) is 1.49. The molecule has 0 aliphatic heterocycles. The molecule has 2 rings (SSSR count). The fraction of sp³-hybridized carbons (Fsp3) is 0.286. The average molecular weight is 261 g/mol. The van der Waals surface area contributed by atoms with Gasteiger partial charge in [-0.1, -0.05) is 6.07 Å². The van der Waals surface area contributed by atoms with E-state index in [4.69, 9.17) is 4.74 Å². The first-order valence-electron chi connectivity index (χ1n) is 5.71. The molecule has 0 bridgehead atoms. The number of carbonyl (C=O) groups excluding carboxylic acids is 1. The lowest BCUT2D eigenvalue weighted by Gasteiger charge is -2.06. The summed E-state index contributed by atoms with van der Waals surface area (Å²) in [4.78, 5) is 15.3. The number of aryl methyl sites for hydroxylation is 2. The molecule has 1 aromatic heterocycles. The first kappa shape index (κ1) is 12.8. The van der Waals surface area contributed by atoms with E-state index in [1.807, 2.05) is 18.2 Å². The van der Waals surface area contributed by atoms with Gasteiger partial charge in [0.25, 0.3) is 0 Å². The molecule has 0 spiro atoms. The number of carbonyl (C=O) groups is 1. The molecule has 0 saturated heterocycles. The largest absolute Gasteiger partial charge is 0.486 e. The van der Waals surface area contributed by atoms with Gasteiger partial charge in [-0.3, -0.25) is 4.79 Å². The number of Topliss-reactive ketones (excluding diaryl/α,β-unsaturated/α-hetero) is 1. The molecule has 0 saturated carbocycles. The van der Waals surface area contributed by atoms with Crippen LogP contribution in [0.15, 0.2) is 23.6 Å². The second kappa shape index (κ2) is 5.31. The van der Waals surface area contributed by atoms with Crippen molar-refractivity contribution < 1.29 is 9.53 Å². The normalized spacial score (nSPS) is 10.4. The molecule has 0 radical (unpaired) electrons. The molecule has 0 fully saturated rings.